The first-order valence-corrected chi connectivity index (χ1v) is 5.85. The lowest BCUT2D eigenvalue weighted by Crippen LogP contribution is -1.87. The quantitative estimate of drug-likeness (QED) is 0.598. The molecule has 1 aliphatic rings. The van der Waals surface area contributed by atoms with Gasteiger partial charge in [0.05, 0.1) is 0 Å². The molecule has 0 aromatic carbocycles. The normalized spacial score (nSPS) is 17.3. The number of rotatable bonds is 4. The second-order valence-corrected chi connectivity index (χ2v) is 3.81. The maximum absolute atomic E-state index is 4.24. The molecule has 0 spiro atoms. The monoisotopic (exact) mass is 190 g/mol. The molecule has 0 fully saturated rings. The molecule has 0 bridgehead atoms. The largest absolute Gasteiger partial charge is 0.0912 e. The molecule has 0 aromatic heterocycles. The minimum atomic E-state index is 1.13. The first kappa shape index (κ1) is 11.3. The van der Waals surface area contributed by atoms with Gasteiger partial charge in [0.15, 0.2) is 0 Å². The third kappa shape index (κ3) is 1.58. The molecule has 0 radical (unpaired) electrons. The van der Waals surface area contributed by atoms with Crippen LogP contribution in [0.5, 0.6) is 0 Å². The molecule has 0 aliphatic heterocycles. The van der Waals surface area contributed by atoms with Crippen LogP contribution < -0.4 is 0 Å². The fraction of sp³-hybridized carbons (Fsp3) is 0.571. The highest BCUT2D eigenvalue weighted by atomic mass is 14.3. The molecule has 78 valence electrons. The van der Waals surface area contributed by atoms with E-state index in [2.05, 4.69) is 34.3 Å². The van der Waals surface area contributed by atoms with E-state index in [1.807, 2.05) is 0 Å². The van der Waals surface area contributed by atoms with Crippen LogP contribution in [0.15, 0.2) is 34.4 Å². The van der Waals surface area contributed by atoms with Crippen LogP contribution in [-0.4, -0.2) is 0 Å². The Hall–Kier alpha value is -0.780. The standard InChI is InChI=1S/C14H22/c1-6-11-10(5)12(7-2)14(9-4)13(11)8-3/h5-9H2,1-4H3. The van der Waals surface area contributed by atoms with E-state index in [9.17, 15) is 0 Å². The molecule has 0 N–H and O–H groups in total. The molecule has 0 heteroatoms. The topological polar surface area (TPSA) is 0 Å². The number of hydrogen-bond donors (Lipinski definition) is 0. The van der Waals surface area contributed by atoms with E-state index in [0.717, 1.165) is 25.7 Å². The highest BCUT2D eigenvalue weighted by Gasteiger charge is 2.22. The highest BCUT2D eigenvalue weighted by molar-refractivity contribution is 5.62. The molecule has 0 heterocycles. The zero-order valence-corrected chi connectivity index (χ0v) is 10.0. The molecule has 1 aliphatic carbocycles. The van der Waals surface area contributed by atoms with Gasteiger partial charge in [-0.25, -0.2) is 0 Å². The lowest BCUT2D eigenvalue weighted by molar-refractivity contribution is 0.985. The van der Waals surface area contributed by atoms with Gasteiger partial charge in [0.1, 0.15) is 0 Å². The summed E-state index contributed by atoms with van der Waals surface area (Å²) in [6.07, 6.45) is 4.59. The molecule has 0 unspecified atom stereocenters. The molecule has 14 heavy (non-hydrogen) atoms. The molecule has 0 saturated carbocycles. The minimum Gasteiger partial charge on any atom is -0.0912 e. The summed E-state index contributed by atoms with van der Waals surface area (Å²) in [6, 6.07) is 0. The smallest absolute Gasteiger partial charge is 0.0259 e. The SMILES string of the molecule is C=C1C(CC)=C(CC)C(CC)=C1CC. The van der Waals surface area contributed by atoms with Crippen LogP contribution >= 0.6 is 0 Å². The van der Waals surface area contributed by atoms with E-state index in [1.54, 1.807) is 11.1 Å². The molecular weight excluding hydrogens is 168 g/mol. The Morgan fingerprint density at radius 2 is 0.929 bits per heavy atom. The van der Waals surface area contributed by atoms with Crippen molar-refractivity contribution in [2.75, 3.05) is 0 Å². The van der Waals surface area contributed by atoms with Gasteiger partial charge >= 0.3 is 0 Å². The average molecular weight is 190 g/mol. The second kappa shape index (κ2) is 4.63. The summed E-state index contributed by atoms with van der Waals surface area (Å²) in [5, 5.41) is 0. The fourth-order valence-electron chi connectivity index (χ4n) is 2.62. The summed E-state index contributed by atoms with van der Waals surface area (Å²) in [4.78, 5) is 0. The first-order chi connectivity index (χ1) is 6.71. The molecule has 1 rings (SSSR count). The second-order valence-electron chi connectivity index (χ2n) is 3.81. The molecule has 0 nitrogen and oxygen atoms in total. The van der Waals surface area contributed by atoms with Crippen LogP contribution in [0.25, 0.3) is 0 Å². The van der Waals surface area contributed by atoms with Crippen LogP contribution in [0.3, 0.4) is 0 Å². The van der Waals surface area contributed by atoms with E-state index < -0.39 is 0 Å². The molecule has 0 aromatic rings. The Morgan fingerprint density at radius 1 is 0.643 bits per heavy atom. The Balaban J connectivity index is 3.20. The van der Waals surface area contributed by atoms with Crippen molar-refractivity contribution in [3.63, 3.8) is 0 Å². The lowest BCUT2D eigenvalue weighted by atomic mass is 9.99. The van der Waals surface area contributed by atoms with Crippen molar-refractivity contribution >= 4 is 0 Å². The lowest BCUT2D eigenvalue weighted by Gasteiger charge is -2.06. The third-order valence-corrected chi connectivity index (χ3v) is 3.24. The van der Waals surface area contributed by atoms with Gasteiger partial charge in [-0.05, 0) is 53.5 Å². The van der Waals surface area contributed by atoms with E-state index in [-0.39, 0.29) is 0 Å². The summed E-state index contributed by atoms with van der Waals surface area (Å²) in [5.74, 6) is 0. The van der Waals surface area contributed by atoms with Crippen LogP contribution in [0, 0.1) is 0 Å². The van der Waals surface area contributed by atoms with Crippen molar-refractivity contribution < 1.29 is 0 Å². The van der Waals surface area contributed by atoms with Crippen molar-refractivity contribution in [1.29, 1.82) is 0 Å². The Labute approximate surface area is 88.4 Å². The van der Waals surface area contributed by atoms with E-state index in [1.165, 1.54) is 16.7 Å². The Morgan fingerprint density at radius 3 is 1.14 bits per heavy atom. The number of allylic oxidation sites excluding steroid dienone is 5. The molecule has 0 saturated heterocycles. The highest BCUT2D eigenvalue weighted by Crippen LogP contribution is 2.41. The van der Waals surface area contributed by atoms with Gasteiger partial charge in [0.2, 0.25) is 0 Å². The summed E-state index contributed by atoms with van der Waals surface area (Å²) in [7, 11) is 0. The van der Waals surface area contributed by atoms with Crippen LogP contribution in [0.4, 0.5) is 0 Å². The predicted octanol–water partition coefficient (Wildman–Crippen LogP) is 4.79. The van der Waals surface area contributed by atoms with E-state index >= 15 is 0 Å². The first-order valence-electron chi connectivity index (χ1n) is 5.85. The van der Waals surface area contributed by atoms with Crippen molar-refractivity contribution in [3.8, 4) is 0 Å². The average Bonchev–Trinajstić information content (AvgIpc) is 2.48. The predicted molar refractivity (Wildman–Crippen MR) is 64.4 cm³/mol. The van der Waals surface area contributed by atoms with Gasteiger partial charge in [0.25, 0.3) is 0 Å². The van der Waals surface area contributed by atoms with Gasteiger partial charge in [-0.2, -0.15) is 0 Å². The maximum atomic E-state index is 4.24. The van der Waals surface area contributed by atoms with Gasteiger partial charge in [-0.15, -0.1) is 0 Å². The zero-order valence-electron chi connectivity index (χ0n) is 10.0. The summed E-state index contributed by atoms with van der Waals surface area (Å²) in [6.45, 7) is 13.2. The Bertz CT molecular complexity index is 270. The van der Waals surface area contributed by atoms with Crippen LogP contribution in [0.1, 0.15) is 53.4 Å². The van der Waals surface area contributed by atoms with Crippen molar-refractivity contribution in [2.45, 2.75) is 53.4 Å². The summed E-state index contributed by atoms with van der Waals surface area (Å²) < 4.78 is 0. The third-order valence-electron chi connectivity index (χ3n) is 3.24. The van der Waals surface area contributed by atoms with E-state index in [0.29, 0.717) is 0 Å². The van der Waals surface area contributed by atoms with Crippen molar-refractivity contribution in [3.05, 3.63) is 34.4 Å². The van der Waals surface area contributed by atoms with Crippen molar-refractivity contribution in [1.82, 2.24) is 0 Å². The molecular formula is C14H22. The fourth-order valence-corrected chi connectivity index (χ4v) is 2.62. The van der Waals surface area contributed by atoms with Crippen LogP contribution in [0.2, 0.25) is 0 Å². The van der Waals surface area contributed by atoms with Gasteiger partial charge in [-0.1, -0.05) is 34.3 Å². The minimum absolute atomic E-state index is 1.13. The van der Waals surface area contributed by atoms with Gasteiger partial charge < -0.3 is 0 Å². The number of hydrogen-bond acceptors (Lipinski definition) is 0. The van der Waals surface area contributed by atoms with E-state index in [4.69, 9.17) is 0 Å². The van der Waals surface area contributed by atoms with Crippen molar-refractivity contribution in [2.24, 2.45) is 0 Å². The van der Waals surface area contributed by atoms with Gasteiger partial charge in [0, 0.05) is 0 Å². The van der Waals surface area contributed by atoms with Gasteiger partial charge in [-0.3, -0.25) is 0 Å². The summed E-state index contributed by atoms with van der Waals surface area (Å²) in [5.41, 5.74) is 7.51. The maximum Gasteiger partial charge on any atom is -0.0259 e. The zero-order chi connectivity index (χ0) is 10.7. The Kier molecular flexibility index (Phi) is 3.74. The molecule has 0 atom stereocenters. The van der Waals surface area contributed by atoms with Crippen LogP contribution in [-0.2, 0) is 0 Å². The molecule has 0 amide bonds. The summed E-state index contributed by atoms with van der Waals surface area (Å²) >= 11 is 0.